The van der Waals surface area contributed by atoms with Gasteiger partial charge in [0.05, 0.1) is 11.9 Å². The number of rotatable bonds is 3. The van der Waals surface area contributed by atoms with Crippen LogP contribution in [0.4, 0.5) is 25.1 Å². The SMILES string of the molecule is CC(C)(C)OC(=O)Nc1nn(CC(F)F)cc1N. The minimum absolute atomic E-state index is 0.00454. The Balaban J connectivity index is 2.67. The van der Waals surface area contributed by atoms with Crippen molar-refractivity contribution in [3.05, 3.63) is 6.20 Å². The van der Waals surface area contributed by atoms with Crippen LogP contribution in [0.3, 0.4) is 0 Å². The Morgan fingerprint density at radius 1 is 1.61 bits per heavy atom. The minimum atomic E-state index is -2.54. The minimum Gasteiger partial charge on any atom is -0.444 e. The molecule has 1 aromatic heterocycles. The highest BCUT2D eigenvalue weighted by atomic mass is 19.3. The number of carbonyl (C=O) groups is 1. The second-order valence-corrected chi connectivity index (χ2v) is 4.67. The van der Waals surface area contributed by atoms with Crippen LogP contribution in [0.1, 0.15) is 20.8 Å². The van der Waals surface area contributed by atoms with E-state index in [2.05, 4.69) is 10.4 Å². The third-order valence-corrected chi connectivity index (χ3v) is 1.73. The Labute approximate surface area is 103 Å². The first-order valence-corrected chi connectivity index (χ1v) is 5.28. The van der Waals surface area contributed by atoms with E-state index >= 15 is 0 Å². The lowest BCUT2D eigenvalue weighted by atomic mass is 10.2. The van der Waals surface area contributed by atoms with E-state index in [1.807, 2.05) is 0 Å². The summed E-state index contributed by atoms with van der Waals surface area (Å²) < 4.78 is 30.2. The van der Waals surface area contributed by atoms with Crippen LogP contribution in [-0.4, -0.2) is 27.9 Å². The summed E-state index contributed by atoms with van der Waals surface area (Å²) in [5, 5.41) is 6.02. The number of nitrogens with zero attached hydrogens (tertiary/aromatic N) is 2. The molecule has 1 heterocycles. The van der Waals surface area contributed by atoms with Crippen LogP contribution >= 0.6 is 0 Å². The number of amides is 1. The Bertz CT molecular complexity index is 426. The van der Waals surface area contributed by atoms with E-state index in [9.17, 15) is 13.6 Å². The monoisotopic (exact) mass is 262 g/mol. The van der Waals surface area contributed by atoms with Gasteiger partial charge in [0.15, 0.2) is 5.82 Å². The number of hydrogen-bond acceptors (Lipinski definition) is 4. The van der Waals surface area contributed by atoms with Gasteiger partial charge >= 0.3 is 6.09 Å². The zero-order valence-electron chi connectivity index (χ0n) is 10.4. The van der Waals surface area contributed by atoms with Crippen molar-refractivity contribution in [2.45, 2.75) is 39.3 Å². The van der Waals surface area contributed by atoms with E-state index in [1.165, 1.54) is 6.20 Å². The number of halogens is 2. The molecule has 102 valence electrons. The fraction of sp³-hybridized carbons (Fsp3) is 0.600. The fourth-order valence-electron chi connectivity index (χ4n) is 1.17. The molecule has 1 rings (SSSR count). The summed E-state index contributed by atoms with van der Waals surface area (Å²) in [7, 11) is 0. The zero-order valence-corrected chi connectivity index (χ0v) is 10.4. The highest BCUT2D eigenvalue weighted by molar-refractivity contribution is 5.87. The number of nitrogens with two attached hydrogens (primary N) is 1. The third-order valence-electron chi connectivity index (χ3n) is 1.73. The molecule has 1 aromatic rings. The maximum Gasteiger partial charge on any atom is 0.413 e. The van der Waals surface area contributed by atoms with E-state index in [1.54, 1.807) is 20.8 Å². The molecule has 0 fully saturated rings. The van der Waals surface area contributed by atoms with Crippen molar-refractivity contribution in [1.29, 1.82) is 0 Å². The lowest BCUT2D eigenvalue weighted by Crippen LogP contribution is -2.27. The van der Waals surface area contributed by atoms with Gasteiger partial charge in [0.25, 0.3) is 6.43 Å². The second kappa shape index (κ2) is 5.19. The number of aromatic nitrogens is 2. The number of anilines is 2. The maximum atomic E-state index is 12.1. The number of nitrogens with one attached hydrogen (secondary N) is 1. The van der Waals surface area contributed by atoms with Crippen molar-refractivity contribution >= 4 is 17.6 Å². The van der Waals surface area contributed by atoms with Gasteiger partial charge in [0.2, 0.25) is 0 Å². The Hall–Kier alpha value is -1.86. The van der Waals surface area contributed by atoms with Gasteiger partial charge in [0, 0.05) is 0 Å². The van der Waals surface area contributed by atoms with Crippen LogP contribution in [0.25, 0.3) is 0 Å². The van der Waals surface area contributed by atoms with E-state index in [4.69, 9.17) is 10.5 Å². The number of hydrogen-bond donors (Lipinski definition) is 2. The van der Waals surface area contributed by atoms with Gasteiger partial charge in [-0.25, -0.2) is 13.6 Å². The Morgan fingerprint density at radius 2 is 2.22 bits per heavy atom. The molecule has 0 aliphatic rings. The predicted molar refractivity (Wildman–Crippen MR) is 62.5 cm³/mol. The molecule has 0 aliphatic carbocycles. The van der Waals surface area contributed by atoms with Crippen molar-refractivity contribution in [2.75, 3.05) is 11.1 Å². The quantitative estimate of drug-likeness (QED) is 0.873. The molecule has 0 aliphatic heterocycles. The van der Waals surface area contributed by atoms with E-state index < -0.39 is 24.7 Å². The second-order valence-electron chi connectivity index (χ2n) is 4.67. The molecule has 3 N–H and O–H groups in total. The molecule has 8 heteroatoms. The molecular weight excluding hydrogens is 246 g/mol. The molecule has 0 aromatic carbocycles. The van der Waals surface area contributed by atoms with E-state index in [0.717, 1.165) is 4.68 Å². The fourth-order valence-corrected chi connectivity index (χ4v) is 1.17. The zero-order chi connectivity index (χ0) is 13.9. The topological polar surface area (TPSA) is 82.2 Å². The summed E-state index contributed by atoms with van der Waals surface area (Å²) in [5.41, 5.74) is 4.97. The highest BCUT2D eigenvalue weighted by Crippen LogP contribution is 2.17. The lowest BCUT2D eigenvalue weighted by molar-refractivity contribution is 0.0635. The molecule has 0 saturated carbocycles. The normalized spacial score (nSPS) is 11.7. The van der Waals surface area contributed by atoms with Gasteiger partial charge in [-0.3, -0.25) is 10.00 Å². The first-order valence-electron chi connectivity index (χ1n) is 5.28. The molecular formula is C10H16F2N4O2. The largest absolute Gasteiger partial charge is 0.444 e. The van der Waals surface area contributed by atoms with E-state index in [-0.39, 0.29) is 11.5 Å². The van der Waals surface area contributed by atoms with Gasteiger partial charge in [-0.1, -0.05) is 0 Å². The van der Waals surface area contributed by atoms with Crippen LogP contribution in [0.2, 0.25) is 0 Å². The Morgan fingerprint density at radius 3 is 2.72 bits per heavy atom. The van der Waals surface area contributed by atoms with Gasteiger partial charge < -0.3 is 10.5 Å². The maximum absolute atomic E-state index is 12.1. The van der Waals surface area contributed by atoms with Gasteiger partial charge in [-0.15, -0.1) is 0 Å². The summed E-state index contributed by atoms with van der Waals surface area (Å²) in [6.07, 6.45) is -2.06. The van der Waals surface area contributed by atoms with Crippen LogP contribution in [0.15, 0.2) is 6.20 Å². The summed E-state index contributed by atoms with van der Waals surface area (Å²) >= 11 is 0. The third kappa shape index (κ3) is 4.56. The predicted octanol–water partition coefficient (Wildman–Crippen LogP) is 2.08. The van der Waals surface area contributed by atoms with Gasteiger partial charge in [-0.2, -0.15) is 5.10 Å². The summed E-state index contributed by atoms with van der Waals surface area (Å²) in [4.78, 5) is 11.4. The van der Waals surface area contributed by atoms with Gasteiger partial charge in [0.1, 0.15) is 12.1 Å². The molecule has 0 bridgehead atoms. The number of carbonyl (C=O) groups excluding carboxylic acids is 1. The number of nitrogen functional groups attached to an aromatic ring is 1. The van der Waals surface area contributed by atoms with Crippen molar-refractivity contribution in [3.8, 4) is 0 Å². The van der Waals surface area contributed by atoms with E-state index in [0.29, 0.717) is 0 Å². The molecule has 0 spiro atoms. The molecule has 1 amide bonds. The summed E-state index contributed by atoms with van der Waals surface area (Å²) in [6, 6.07) is 0. The van der Waals surface area contributed by atoms with Crippen molar-refractivity contribution in [1.82, 2.24) is 9.78 Å². The number of ether oxygens (including phenoxy) is 1. The highest BCUT2D eigenvalue weighted by Gasteiger charge is 2.18. The summed E-state index contributed by atoms with van der Waals surface area (Å²) in [6.45, 7) is 4.52. The molecule has 0 atom stereocenters. The molecule has 18 heavy (non-hydrogen) atoms. The molecule has 0 radical (unpaired) electrons. The molecule has 0 unspecified atom stereocenters. The van der Waals surface area contributed by atoms with Crippen LogP contribution in [0.5, 0.6) is 0 Å². The lowest BCUT2D eigenvalue weighted by Gasteiger charge is -2.19. The van der Waals surface area contributed by atoms with Crippen molar-refractivity contribution < 1.29 is 18.3 Å². The first kappa shape index (κ1) is 14.2. The van der Waals surface area contributed by atoms with Crippen molar-refractivity contribution in [3.63, 3.8) is 0 Å². The number of alkyl halides is 2. The Kier molecular flexibility index (Phi) is 4.10. The smallest absolute Gasteiger partial charge is 0.413 e. The molecule has 0 saturated heterocycles. The van der Waals surface area contributed by atoms with Crippen LogP contribution < -0.4 is 11.1 Å². The summed E-state index contributed by atoms with van der Waals surface area (Å²) in [5.74, 6) is 0.00454. The average molecular weight is 262 g/mol. The van der Waals surface area contributed by atoms with Crippen molar-refractivity contribution in [2.24, 2.45) is 0 Å². The van der Waals surface area contributed by atoms with Crippen LogP contribution in [-0.2, 0) is 11.3 Å². The molecule has 6 nitrogen and oxygen atoms in total. The first-order chi connectivity index (χ1) is 8.17. The van der Waals surface area contributed by atoms with Crippen LogP contribution in [0, 0.1) is 0 Å². The standard InChI is InChI=1S/C10H16F2N4O2/c1-10(2,3)18-9(17)14-8-6(13)4-16(15-8)5-7(11)12/h4,7H,5,13H2,1-3H3,(H,14,15,17). The van der Waals surface area contributed by atoms with Gasteiger partial charge in [-0.05, 0) is 20.8 Å². The average Bonchev–Trinajstić information content (AvgIpc) is 2.41.